The van der Waals surface area contributed by atoms with Crippen molar-refractivity contribution < 1.29 is 62.6 Å². The molecule has 87 heavy (non-hydrogen) atoms. The number of fused-ring (bicyclic) bond motifs is 9. The summed E-state index contributed by atoms with van der Waals surface area (Å²) in [6.07, 6.45) is 4.98. The van der Waals surface area contributed by atoms with Crippen LogP contribution in [-0.4, -0.2) is 95.2 Å². The van der Waals surface area contributed by atoms with Gasteiger partial charge in [0.15, 0.2) is 13.2 Å². The standard InChI is InChI=1S/C23H24N2O5.C23H20N2O5.C22H24N2O3/c2*1-29-15-10-18-22(19(11-15)30-13-20(26)27)21-16(23(24)28)8-5-9-17(21)25(18)12-14-6-3-2-4-7-14;1-26-15-11-18-21(19(12-15)27-2)20-16(22(23)25)9-6-10-17(20)24(18)13-14-7-4-3-5-8-14/h2-4,6-7,10-11,16H,5,8-9,12-13H2,1H3,(H2,24,28)(H,26,27);2-11H,12-13H2,1H3,(H2,24,28)(H,26,27);3-5,7-8,11-12,16H,6,9-10,13H2,1-2H3,(H2,23,25). The molecule has 2 aliphatic rings. The lowest BCUT2D eigenvalue weighted by molar-refractivity contribution is -0.140. The van der Waals surface area contributed by atoms with E-state index in [1.807, 2.05) is 102 Å². The molecule has 3 heterocycles. The fourth-order valence-electron chi connectivity index (χ4n) is 12.3. The van der Waals surface area contributed by atoms with Gasteiger partial charge in [0.1, 0.15) is 34.5 Å². The highest BCUT2D eigenvalue weighted by atomic mass is 16.5. The minimum absolute atomic E-state index is 0.271. The van der Waals surface area contributed by atoms with Crippen molar-refractivity contribution in [2.45, 2.75) is 70.0 Å². The van der Waals surface area contributed by atoms with Crippen molar-refractivity contribution in [3.05, 3.63) is 190 Å². The normalized spacial score (nSPS) is 14.2. The topological polar surface area (TPSA) is 274 Å². The zero-order chi connectivity index (χ0) is 61.5. The van der Waals surface area contributed by atoms with E-state index in [1.165, 1.54) is 18.4 Å². The number of rotatable bonds is 19. The van der Waals surface area contributed by atoms with Crippen LogP contribution >= 0.6 is 0 Å². The Morgan fingerprint density at radius 3 is 1.23 bits per heavy atom. The number of ether oxygens (including phenoxy) is 6. The Bertz CT molecular complexity index is 4210. The molecule has 3 amide bonds. The molecular formula is C68H68N6O13. The Kier molecular flexibility index (Phi) is 18.0. The molecule has 8 N–H and O–H groups in total. The molecule has 448 valence electrons. The van der Waals surface area contributed by atoms with E-state index in [2.05, 4.69) is 33.4 Å². The number of carboxylic acids is 2. The van der Waals surface area contributed by atoms with Gasteiger partial charge in [0.2, 0.25) is 17.7 Å². The van der Waals surface area contributed by atoms with Crippen molar-refractivity contribution in [3.8, 4) is 34.5 Å². The molecule has 0 aliphatic heterocycles. The van der Waals surface area contributed by atoms with Gasteiger partial charge in [-0.2, -0.15) is 0 Å². The summed E-state index contributed by atoms with van der Waals surface area (Å²) in [5, 5.41) is 21.2. The first-order chi connectivity index (χ1) is 42.1. The van der Waals surface area contributed by atoms with Crippen LogP contribution in [0.1, 0.15) is 87.1 Å². The SMILES string of the molecule is COc1cc(OC)c2c3c(n(Cc4ccccc4)c2c1)CCCC3C(N)=O.COc1cc(OCC(=O)O)c2c3c(C(N)=O)cccc3n(Cc3ccccc3)c2c1.COc1cc(OCC(=O)O)c2c3c(n(Cc4ccccc4)c2c1)CCCC3C(N)=O. The summed E-state index contributed by atoms with van der Waals surface area (Å²) >= 11 is 0. The van der Waals surface area contributed by atoms with E-state index in [-0.39, 0.29) is 17.7 Å². The van der Waals surface area contributed by atoms with E-state index in [0.29, 0.717) is 58.8 Å². The number of amides is 3. The number of hydrogen-bond donors (Lipinski definition) is 5. The van der Waals surface area contributed by atoms with Gasteiger partial charge in [0, 0.05) is 89.1 Å². The molecule has 0 bridgehead atoms. The van der Waals surface area contributed by atoms with E-state index in [4.69, 9.17) is 55.8 Å². The third-order valence-corrected chi connectivity index (χ3v) is 16.1. The fraction of sp³-hybridized carbons (Fsp3) is 0.250. The number of carbonyl (C=O) groups excluding carboxylic acids is 3. The molecule has 7 aromatic carbocycles. The van der Waals surface area contributed by atoms with Crippen molar-refractivity contribution in [2.75, 3.05) is 41.7 Å². The third kappa shape index (κ3) is 12.4. The predicted molar refractivity (Wildman–Crippen MR) is 331 cm³/mol. The number of methoxy groups -OCH3 is 4. The van der Waals surface area contributed by atoms with Gasteiger partial charge < -0.3 is 69.5 Å². The van der Waals surface area contributed by atoms with E-state index >= 15 is 0 Å². The second-order valence-electron chi connectivity index (χ2n) is 21.3. The first kappa shape index (κ1) is 59.7. The van der Waals surface area contributed by atoms with E-state index in [1.54, 1.807) is 45.6 Å². The number of carbonyl (C=O) groups is 5. The first-order valence-corrected chi connectivity index (χ1v) is 28.4. The number of primary amides is 3. The van der Waals surface area contributed by atoms with Gasteiger partial charge in [-0.05, 0) is 78.5 Å². The zero-order valence-electron chi connectivity index (χ0n) is 48.7. The van der Waals surface area contributed by atoms with Crippen LogP contribution in [0.25, 0.3) is 43.6 Å². The average Bonchev–Trinajstić information content (AvgIpc) is 1.66. The largest absolute Gasteiger partial charge is 0.497 e. The van der Waals surface area contributed by atoms with Crippen LogP contribution in [0.15, 0.2) is 146 Å². The second-order valence-corrected chi connectivity index (χ2v) is 21.3. The molecule has 19 heteroatoms. The maximum atomic E-state index is 12.3. The van der Waals surface area contributed by atoms with E-state index in [9.17, 15) is 24.0 Å². The van der Waals surface area contributed by atoms with Crippen LogP contribution in [0.2, 0.25) is 0 Å². The minimum atomic E-state index is -1.10. The molecule has 10 aromatic rings. The van der Waals surface area contributed by atoms with E-state index < -0.39 is 37.0 Å². The Hall–Kier alpha value is -10.4. The van der Waals surface area contributed by atoms with Crippen molar-refractivity contribution >= 4 is 73.3 Å². The quantitative estimate of drug-likeness (QED) is 0.0505. The lowest BCUT2D eigenvalue weighted by atomic mass is 9.84. The Balaban J connectivity index is 0.000000145. The van der Waals surface area contributed by atoms with Gasteiger partial charge in [0.25, 0.3) is 0 Å². The van der Waals surface area contributed by atoms with Gasteiger partial charge in [-0.15, -0.1) is 0 Å². The Labute approximate surface area is 501 Å². The van der Waals surface area contributed by atoms with Crippen LogP contribution < -0.4 is 45.6 Å². The number of carboxylic acid groups (broad SMARTS) is 2. The molecule has 2 unspecified atom stereocenters. The van der Waals surface area contributed by atoms with Crippen molar-refractivity contribution in [3.63, 3.8) is 0 Å². The lowest BCUT2D eigenvalue weighted by Crippen LogP contribution is -2.25. The Morgan fingerprint density at radius 1 is 0.448 bits per heavy atom. The van der Waals surface area contributed by atoms with Gasteiger partial charge in [-0.25, -0.2) is 9.59 Å². The molecule has 2 aliphatic carbocycles. The molecule has 0 spiro atoms. The van der Waals surface area contributed by atoms with Crippen LogP contribution in [0.3, 0.4) is 0 Å². The molecule has 2 atom stereocenters. The predicted octanol–water partition coefficient (Wildman–Crippen LogP) is 10.1. The van der Waals surface area contributed by atoms with Gasteiger partial charge in [-0.1, -0.05) is 97.1 Å². The summed E-state index contributed by atoms with van der Waals surface area (Å²) in [6, 6.07) is 46.5. The molecule has 0 saturated carbocycles. The van der Waals surface area contributed by atoms with Crippen molar-refractivity contribution in [2.24, 2.45) is 17.2 Å². The van der Waals surface area contributed by atoms with E-state index in [0.717, 1.165) is 111 Å². The maximum Gasteiger partial charge on any atom is 0.341 e. The molecule has 12 rings (SSSR count). The third-order valence-electron chi connectivity index (χ3n) is 16.1. The number of aromatic nitrogens is 3. The highest BCUT2D eigenvalue weighted by Gasteiger charge is 2.35. The number of hydrogen-bond acceptors (Lipinski definition) is 11. The number of nitrogens with two attached hydrogens (primary N) is 3. The summed E-state index contributed by atoms with van der Waals surface area (Å²) in [4.78, 5) is 58.9. The summed E-state index contributed by atoms with van der Waals surface area (Å²) in [5.74, 6) is -0.876. The second kappa shape index (κ2) is 26.2. The average molecular weight is 1180 g/mol. The molecular weight excluding hydrogens is 1110 g/mol. The zero-order valence-corrected chi connectivity index (χ0v) is 48.7. The smallest absolute Gasteiger partial charge is 0.341 e. The molecule has 0 fully saturated rings. The number of aliphatic carboxylic acids is 2. The van der Waals surface area contributed by atoms with Gasteiger partial charge >= 0.3 is 11.9 Å². The van der Waals surface area contributed by atoms with Crippen molar-refractivity contribution in [1.29, 1.82) is 0 Å². The lowest BCUT2D eigenvalue weighted by Gasteiger charge is -2.22. The highest BCUT2D eigenvalue weighted by molar-refractivity contribution is 6.20. The molecule has 0 saturated heterocycles. The maximum absolute atomic E-state index is 12.3. The molecule has 3 aromatic heterocycles. The molecule has 19 nitrogen and oxygen atoms in total. The van der Waals surface area contributed by atoms with Gasteiger partial charge in [-0.3, -0.25) is 14.4 Å². The number of benzene rings is 7. The molecule has 0 radical (unpaired) electrons. The summed E-state index contributed by atoms with van der Waals surface area (Å²) in [6.45, 7) is 0.876. The fourth-order valence-corrected chi connectivity index (χ4v) is 12.3. The first-order valence-electron chi connectivity index (χ1n) is 28.4. The summed E-state index contributed by atoms with van der Waals surface area (Å²) < 4.78 is 39.8. The summed E-state index contributed by atoms with van der Waals surface area (Å²) in [7, 11) is 6.38. The summed E-state index contributed by atoms with van der Waals surface area (Å²) in [5.41, 5.74) is 28.4. The van der Waals surface area contributed by atoms with Crippen molar-refractivity contribution in [1.82, 2.24) is 13.7 Å². The Morgan fingerprint density at radius 2 is 0.839 bits per heavy atom. The minimum Gasteiger partial charge on any atom is -0.497 e. The van der Waals surface area contributed by atoms with Crippen LogP contribution in [0.4, 0.5) is 0 Å². The van der Waals surface area contributed by atoms with Gasteiger partial charge in [0.05, 0.1) is 67.7 Å². The van der Waals surface area contributed by atoms with Crippen LogP contribution in [0.5, 0.6) is 34.5 Å². The number of nitrogens with zero attached hydrogens (tertiary/aromatic N) is 3. The van der Waals surface area contributed by atoms with Crippen LogP contribution in [-0.2, 0) is 51.7 Å². The highest BCUT2D eigenvalue weighted by Crippen LogP contribution is 2.47. The monoisotopic (exact) mass is 1180 g/mol. The van der Waals surface area contributed by atoms with Crippen LogP contribution in [0, 0.1) is 0 Å².